The normalized spacial score (nSPS) is 17.5. The molecule has 24 heavy (non-hydrogen) atoms. The van der Waals surface area contributed by atoms with E-state index in [2.05, 4.69) is 4.98 Å². The van der Waals surface area contributed by atoms with Crippen molar-refractivity contribution < 1.29 is 24.2 Å². The Morgan fingerprint density at radius 2 is 2.33 bits per heavy atom. The summed E-state index contributed by atoms with van der Waals surface area (Å²) in [7, 11) is 0. The number of Topliss-reactive ketones (excluding diaryl/α,β-unsaturated/α-hetero) is 1. The summed E-state index contributed by atoms with van der Waals surface area (Å²) in [6, 6.07) is 4.50. The first-order valence-corrected chi connectivity index (χ1v) is 7.56. The third-order valence-corrected chi connectivity index (χ3v) is 4.10. The summed E-state index contributed by atoms with van der Waals surface area (Å²) in [6.07, 6.45) is 3.27. The van der Waals surface area contributed by atoms with Gasteiger partial charge in [-0.05, 0) is 18.1 Å². The topological polar surface area (TPSA) is 98.5 Å². The van der Waals surface area contributed by atoms with Crippen LogP contribution >= 0.6 is 0 Å². The Morgan fingerprint density at radius 1 is 1.54 bits per heavy atom. The van der Waals surface area contributed by atoms with Gasteiger partial charge >= 0.3 is 5.97 Å². The van der Waals surface area contributed by atoms with Gasteiger partial charge in [-0.15, -0.1) is 0 Å². The smallest absolute Gasteiger partial charge is 0.372 e. The maximum absolute atomic E-state index is 12.6. The predicted octanol–water partition coefficient (Wildman–Crippen LogP) is 1.84. The Balaban J connectivity index is 1.94. The van der Waals surface area contributed by atoms with E-state index in [0.29, 0.717) is 24.2 Å². The highest BCUT2D eigenvalue weighted by molar-refractivity contribution is 6.04. The van der Waals surface area contributed by atoms with Gasteiger partial charge < -0.3 is 19.2 Å². The molecule has 0 amide bonds. The minimum absolute atomic E-state index is 0.156. The first-order valence-electron chi connectivity index (χ1n) is 7.56. The van der Waals surface area contributed by atoms with Crippen LogP contribution in [0.15, 0.2) is 30.6 Å². The van der Waals surface area contributed by atoms with Crippen LogP contribution in [0.5, 0.6) is 0 Å². The van der Waals surface area contributed by atoms with Crippen molar-refractivity contribution in [2.45, 2.75) is 25.5 Å². The summed E-state index contributed by atoms with van der Waals surface area (Å²) in [5.74, 6) is -1.50. The molecule has 0 saturated heterocycles. The number of nitrogens with zero attached hydrogens (tertiary/aromatic N) is 2. The van der Waals surface area contributed by atoms with Crippen molar-refractivity contribution in [3.8, 4) is 0 Å². The summed E-state index contributed by atoms with van der Waals surface area (Å²) >= 11 is 0. The molecule has 3 rings (SSSR count). The summed E-state index contributed by atoms with van der Waals surface area (Å²) in [5, 5.41) is 9.18. The van der Waals surface area contributed by atoms with Crippen LogP contribution in [0, 0.1) is 0 Å². The number of carboxylic acid groups (broad SMARTS) is 1. The Hall–Kier alpha value is -2.80. The molecule has 1 aromatic heterocycles. The molecule has 0 aliphatic heterocycles. The first kappa shape index (κ1) is 16.1. The third-order valence-electron chi connectivity index (χ3n) is 4.10. The van der Waals surface area contributed by atoms with Crippen LogP contribution in [-0.4, -0.2) is 39.3 Å². The molecule has 0 saturated carbocycles. The molecule has 2 unspecified atom stereocenters. The van der Waals surface area contributed by atoms with E-state index in [1.54, 1.807) is 25.1 Å². The van der Waals surface area contributed by atoms with Crippen molar-refractivity contribution in [1.29, 1.82) is 0 Å². The van der Waals surface area contributed by atoms with Gasteiger partial charge in [0.15, 0.2) is 12.1 Å². The second kappa shape index (κ2) is 6.37. The summed E-state index contributed by atoms with van der Waals surface area (Å²) in [4.78, 5) is 38.8. The Labute approximate surface area is 137 Å². The van der Waals surface area contributed by atoms with Gasteiger partial charge in [-0.3, -0.25) is 4.79 Å². The quantitative estimate of drug-likeness (QED) is 0.812. The average Bonchev–Trinajstić information content (AvgIpc) is 3.17. The molecule has 7 heteroatoms. The van der Waals surface area contributed by atoms with Crippen molar-refractivity contribution in [2.24, 2.45) is 0 Å². The standard InChI is InChI=1S/C17H16N2O5/c1-2-24-14(9-20)10-3-4-12-11(7-10)8-13(15(12)21)19-6-5-18-16(19)17(22)23/h3-7,9,13-14H,2,8H2,1H3,(H,22,23). The monoisotopic (exact) mass is 328 g/mol. The molecule has 1 heterocycles. The lowest BCUT2D eigenvalue weighted by molar-refractivity contribution is -0.118. The number of hydrogen-bond acceptors (Lipinski definition) is 5. The van der Waals surface area contributed by atoms with Crippen molar-refractivity contribution in [1.82, 2.24) is 9.55 Å². The maximum atomic E-state index is 12.6. The third kappa shape index (κ3) is 2.63. The van der Waals surface area contributed by atoms with E-state index < -0.39 is 18.1 Å². The summed E-state index contributed by atoms with van der Waals surface area (Å²) < 4.78 is 6.75. The molecular formula is C17H16N2O5. The van der Waals surface area contributed by atoms with Crippen LogP contribution in [0.3, 0.4) is 0 Å². The SMILES string of the molecule is CCOC(C=O)c1ccc2c(c1)CC(n1ccnc1C(=O)O)C2=O. The number of aromatic carboxylic acids is 1. The van der Waals surface area contributed by atoms with E-state index in [9.17, 15) is 19.5 Å². The molecule has 2 aromatic rings. The number of benzene rings is 1. The second-order valence-corrected chi connectivity index (χ2v) is 5.48. The number of aromatic nitrogens is 2. The van der Waals surface area contributed by atoms with Crippen LogP contribution in [0.25, 0.3) is 0 Å². The number of rotatable bonds is 6. The highest BCUT2D eigenvalue weighted by Crippen LogP contribution is 2.33. The lowest BCUT2D eigenvalue weighted by atomic mass is 10.0. The fourth-order valence-electron chi connectivity index (χ4n) is 3.03. The number of fused-ring (bicyclic) bond motifs is 1. The van der Waals surface area contributed by atoms with E-state index in [0.717, 1.165) is 11.8 Å². The van der Waals surface area contributed by atoms with Gasteiger partial charge in [0, 0.05) is 31.0 Å². The molecule has 1 N–H and O–H groups in total. The Bertz CT molecular complexity index is 811. The fraction of sp³-hybridized carbons (Fsp3) is 0.294. The number of ketones is 1. The first-order chi connectivity index (χ1) is 11.6. The number of aldehydes is 1. The number of carbonyl (C=O) groups is 3. The molecule has 1 aliphatic rings. The van der Waals surface area contributed by atoms with E-state index in [1.807, 2.05) is 0 Å². The number of ether oxygens (including phenoxy) is 1. The van der Waals surface area contributed by atoms with Gasteiger partial charge in [-0.25, -0.2) is 9.78 Å². The summed E-state index contributed by atoms with van der Waals surface area (Å²) in [6.45, 7) is 2.20. The number of carbonyl (C=O) groups excluding carboxylic acids is 2. The van der Waals surface area contributed by atoms with Gasteiger partial charge in [-0.1, -0.05) is 18.2 Å². The van der Waals surface area contributed by atoms with E-state index in [-0.39, 0.29) is 11.6 Å². The van der Waals surface area contributed by atoms with Gasteiger partial charge in [-0.2, -0.15) is 0 Å². The second-order valence-electron chi connectivity index (χ2n) is 5.48. The number of carboxylic acids is 1. The average molecular weight is 328 g/mol. The molecule has 1 aliphatic carbocycles. The Morgan fingerprint density at radius 3 is 3.00 bits per heavy atom. The predicted molar refractivity (Wildman–Crippen MR) is 83.1 cm³/mol. The maximum Gasteiger partial charge on any atom is 0.372 e. The number of hydrogen-bond donors (Lipinski definition) is 1. The van der Waals surface area contributed by atoms with Crippen molar-refractivity contribution in [2.75, 3.05) is 6.61 Å². The van der Waals surface area contributed by atoms with Crippen LogP contribution in [0.1, 0.15) is 51.2 Å². The highest BCUT2D eigenvalue weighted by atomic mass is 16.5. The highest BCUT2D eigenvalue weighted by Gasteiger charge is 2.34. The lowest BCUT2D eigenvalue weighted by Gasteiger charge is -2.12. The molecular weight excluding hydrogens is 312 g/mol. The van der Waals surface area contributed by atoms with E-state index >= 15 is 0 Å². The van der Waals surface area contributed by atoms with E-state index in [4.69, 9.17) is 4.74 Å². The molecule has 0 bridgehead atoms. The van der Waals surface area contributed by atoms with Gasteiger partial charge in [0.25, 0.3) is 0 Å². The van der Waals surface area contributed by atoms with Gasteiger partial charge in [0.2, 0.25) is 5.82 Å². The van der Waals surface area contributed by atoms with Crippen molar-refractivity contribution in [3.63, 3.8) is 0 Å². The number of imidazole rings is 1. The van der Waals surface area contributed by atoms with Crippen molar-refractivity contribution >= 4 is 18.0 Å². The zero-order valence-electron chi connectivity index (χ0n) is 13.0. The van der Waals surface area contributed by atoms with E-state index in [1.165, 1.54) is 17.0 Å². The van der Waals surface area contributed by atoms with Gasteiger partial charge in [0.05, 0.1) is 0 Å². The van der Waals surface area contributed by atoms with Crippen LogP contribution < -0.4 is 0 Å². The summed E-state index contributed by atoms with van der Waals surface area (Å²) in [5.41, 5.74) is 2.00. The zero-order chi connectivity index (χ0) is 17.3. The molecule has 2 atom stereocenters. The molecule has 0 spiro atoms. The minimum atomic E-state index is -1.18. The fourth-order valence-corrected chi connectivity index (χ4v) is 3.03. The lowest BCUT2D eigenvalue weighted by Crippen LogP contribution is -2.19. The van der Waals surface area contributed by atoms with Crippen LogP contribution in [-0.2, 0) is 16.0 Å². The molecule has 1 aromatic carbocycles. The minimum Gasteiger partial charge on any atom is -0.475 e. The zero-order valence-corrected chi connectivity index (χ0v) is 13.0. The Kier molecular flexibility index (Phi) is 4.26. The van der Waals surface area contributed by atoms with Crippen LogP contribution in [0.2, 0.25) is 0 Å². The van der Waals surface area contributed by atoms with Gasteiger partial charge in [0.1, 0.15) is 12.1 Å². The van der Waals surface area contributed by atoms with Crippen LogP contribution in [0.4, 0.5) is 0 Å². The molecule has 7 nitrogen and oxygen atoms in total. The molecule has 124 valence electrons. The molecule has 0 fully saturated rings. The largest absolute Gasteiger partial charge is 0.475 e. The van der Waals surface area contributed by atoms with Crippen molar-refractivity contribution in [3.05, 3.63) is 53.1 Å². The molecule has 0 radical (unpaired) electrons.